The van der Waals surface area contributed by atoms with E-state index in [0.717, 1.165) is 32.1 Å². The van der Waals surface area contributed by atoms with Crippen LogP contribution in [0.25, 0.3) is 0 Å². The summed E-state index contributed by atoms with van der Waals surface area (Å²) >= 11 is 0. The monoisotopic (exact) mass is 1190 g/mol. The third kappa shape index (κ3) is 11.5. The Kier molecular flexibility index (Phi) is 19.6. The van der Waals surface area contributed by atoms with Crippen LogP contribution in [0.5, 0.6) is 0 Å². The number of hydrogen-bond acceptors (Lipinski definition) is 25. The van der Waals surface area contributed by atoms with Crippen molar-refractivity contribution >= 4 is 0 Å². The molecule has 3 saturated carbocycles. The molecule has 478 valence electrons. The second kappa shape index (κ2) is 25.2. The molecule has 0 amide bonds. The zero-order valence-corrected chi connectivity index (χ0v) is 48.9. The van der Waals surface area contributed by atoms with Crippen molar-refractivity contribution in [3.63, 3.8) is 0 Å². The molecule has 9 fully saturated rings. The molecule has 0 aromatic heterocycles. The molecule has 4 aliphatic carbocycles. The van der Waals surface area contributed by atoms with Crippen LogP contribution in [-0.2, 0) is 52.1 Å². The number of rotatable bonds is 16. The number of aliphatic hydroxyl groups is 14. The Morgan fingerprint density at radius 2 is 1.16 bits per heavy atom. The molecule has 14 N–H and O–H groups in total. The van der Waals surface area contributed by atoms with Gasteiger partial charge in [-0.1, -0.05) is 39.3 Å². The van der Waals surface area contributed by atoms with Crippen molar-refractivity contribution in [2.75, 3.05) is 26.9 Å². The minimum Gasteiger partial charge on any atom is -0.394 e. The second-order valence-electron chi connectivity index (χ2n) is 26.9. The van der Waals surface area contributed by atoms with Crippen molar-refractivity contribution in [3.8, 4) is 0 Å². The molecular formula is C58H96O25. The Balaban J connectivity index is 0.813. The van der Waals surface area contributed by atoms with Gasteiger partial charge in [0, 0.05) is 19.4 Å². The SMILES string of the molecule is CO[C@]1(CC[C@H](C)CO[C@@H]2O[C@H](CO)[C@@H](O)[C@H](O)[C@H]2O)O[C@H]2C[C@H]3[C@@H]4CC=C5C[C@@H](C6O[C@H](CO)[C@@H](O[C@@H]7O[C@@H](C)[C@H](OC8O[C@@H](C)[C@H](O)[C@@H](O)[C@H]8O)[C@@H](O)[C@H]7O)[C@H](O)[C@H]6O[C@@H]6O[C@@H](C)[C@H](O)[C@@H](O)[C@H]6O)CC[C@]5(C)[C@H]4CC[C@]3(C)[C@H]2[C@@H]1C. The highest BCUT2D eigenvalue weighted by Crippen LogP contribution is 2.71. The summed E-state index contributed by atoms with van der Waals surface area (Å²) in [5.74, 6) is 0.343. The van der Waals surface area contributed by atoms with E-state index in [4.69, 9.17) is 52.1 Å². The molecule has 0 radical (unpaired) electrons. The van der Waals surface area contributed by atoms with Crippen LogP contribution in [0.4, 0.5) is 0 Å². The maximum atomic E-state index is 12.5. The molecule has 0 spiro atoms. The lowest BCUT2D eigenvalue weighted by molar-refractivity contribution is -0.377. The van der Waals surface area contributed by atoms with Gasteiger partial charge in [0.1, 0.15) is 104 Å². The highest BCUT2D eigenvalue weighted by atomic mass is 16.8. The maximum absolute atomic E-state index is 12.5. The van der Waals surface area contributed by atoms with Gasteiger partial charge in [-0.2, -0.15) is 0 Å². The fourth-order valence-corrected chi connectivity index (χ4v) is 17.1. The summed E-state index contributed by atoms with van der Waals surface area (Å²) in [6.45, 7) is 12.5. The van der Waals surface area contributed by atoms with E-state index < -0.39 is 172 Å². The summed E-state index contributed by atoms with van der Waals surface area (Å²) < 4.78 is 67.7. The maximum Gasteiger partial charge on any atom is 0.187 e. The standard InChI is InChI=1S/C58H96O25/c1-22(21-74-52-43(68)41(66)38(63)33(19-59)79-52)11-16-58(73-8)23(2)35-32(83-58)18-31-29-10-9-28-17-27(12-14-56(28,6)30(29)13-15-57(31,35)7)49-51(82-54-45(70)40(65)37(62)25(4)76-54)47(72)50(34(20-60)78-49)81-55-46(71)42(67)48(26(5)77-55)80-53-44(69)39(64)36(61)24(3)75-53/h9,22-27,29-55,59-72H,10-21H2,1-8H3/t22-,23-,24-,25-,26-,27-,29+,30-,31-,32-,33+,34+,35-,36-,37-,38+,39+,40+,41-,42-,43+,44+,45+,46+,47-,48-,49?,50+,51+,52+,53?,54-,55-,56-,57-,58+/m0/s1. The Morgan fingerprint density at radius 3 is 1.77 bits per heavy atom. The van der Waals surface area contributed by atoms with Crippen molar-refractivity contribution in [3.05, 3.63) is 11.6 Å². The van der Waals surface area contributed by atoms with Crippen LogP contribution in [-0.4, -0.2) is 264 Å². The predicted molar refractivity (Wildman–Crippen MR) is 283 cm³/mol. The van der Waals surface area contributed by atoms with Crippen LogP contribution < -0.4 is 0 Å². The van der Waals surface area contributed by atoms with Crippen LogP contribution in [0.2, 0.25) is 0 Å². The van der Waals surface area contributed by atoms with Gasteiger partial charge in [0.15, 0.2) is 30.9 Å². The number of hydrogen-bond donors (Lipinski definition) is 14. The number of fused-ring (bicyclic) bond motifs is 7. The number of ether oxygens (including phenoxy) is 11. The van der Waals surface area contributed by atoms with E-state index in [1.807, 2.05) is 6.92 Å². The average Bonchev–Trinajstić information content (AvgIpc) is 3.39. The first-order valence-electron chi connectivity index (χ1n) is 30.4. The molecule has 2 unspecified atom stereocenters. The van der Waals surface area contributed by atoms with Gasteiger partial charge in [0.25, 0.3) is 0 Å². The lowest BCUT2D eigenvalue weighted by atomic mass is 9.46. The summed E-state index contributed by atoms with van der Waals surface area (Å²) in [6.07, 6.45) is -26.3. The summed E-state index contributed by atoms with van der Waals surface area (Å²) in [7, 11) is 1.71. The van der Waals surface area contributed by atoms with Crippen LogP contribution in [0.3, 0.4) is 0 Å². The molecule has 10 aliphatic rings. The number of allylic oxidation sites excluding steroid dienone is 2. The van der Waals surface area contributed by atoms with Gasteiger partial charge in [0.05, 0.1) is 50.3 Å². The van der Waals surface area contributed by atoms with Gasteiger partial charge in [-0.05, 0) is 118 Å². The topological polar surface area (TPSA) is 385 Å². The van der Waals surface area contributed by atoms with Gasteiger partial charge in [-0.25, -0.2) is 0 Å². The van der Waals surface area contributed by atoms with E-state index in [0.29, 0.717) is 43.4 Å². The first kappa shape index (κ1) is 64.7. The molecule has 25 heteroatoms. The molecule has 6 saturated heterocycles. The third-order valence-electron chi connectivity index (χ3n) is 22.1. The largest absolute Gasteiger partial charge is 0.394 e. The van der Waals surface area contributed by atoms with Crippen molar-refractivity contribution in [1.82, 2.24) is 0 Å². The molecule has 83 heavy (non-hydrogen) atoms. The summed E-state index contributed by atoms with van der Waals surface area (Å²) in [4.78, 5) is 0. The van der Waals surface area contributed by atoms with Crippen LogP contribution >= 0.6 is 0 Å². The second-order valence-corrected chi connectivity index (χ2v) is 26.9. The first-order valence-corrected chi connectivity index (χ1v) is 30.4. The molecular weight excluding hydrogens is 1100 g/mol. The summed E-state index contributed by atoms with van der Waals surface area (Å²) in [5, 5.41) is 151. The fourth-order valence-electron chi connectivity index (χ4n) is 17.1. The summed E-state index contributed by atoms with van der Waals surface area (Å²) in [6, 6.07) is 0. The van der Waals surface area contributed by atoms with Crippen molar-refractivity contribution in [2.24, 2.45) is 52.3 Å². The van der Waals surface area contributed by atoms with E-state index in [1.165, 1.54) is 26.3 Å². The van der Waals surface area contributed by atoms with Crippen LogP contribution in [0.15, 0.2) is 11.6 Å². The quantitative estimate of drug-likeness (QED) is 0.0729. The van der Waals surface area contributed by atoms with Crippen LogP contribution in [0, 0.1) is 52.3 Å². The Hall–Kier alpha value is -1.26. The fraction of sp³-hybridized carbons (Fsp3) is 0.966. The van der Waals surface area contributed by atoms with E-state index in [1.54, 1.807) is 7.11 Å². The Bertz CT molecular complexity index is 2200. The third-order valence-corrected chi connectivity index (χ3v) is 22.1. The molecule has 36 atom stereocenters. The van der Waals surface area contributed by atoms with Crippen LogP contribution in [0.1, 0.15) is 106 Å². The number of methoxy groups -OCH3 is 1. The van der Waals surface area contributed by atoms with Crippen molar-refractivity contribution in [1.29, 1.82) is 0 Å². The minimum atomic E-state index is -1.85. The Labute approximate surface area is 484 Å². The van der Waals surface area contributed by atoms with Gasteiger partial charge in [-0.15, -0.1) is 0 Å². The highest BCUT2D eigenvalue weighted by Gasteiger charge is 2.69. The van der Waals surface area contributed by atoms with E-state index in [9.17, 15) is 71.5 Å². The molecule has 0 aromatic rings. The first-order chi connectivity index (χ1) is 39.2. The van der Waals surface area contributed by atoms with Crippen molar-refractivity contribution in [2.45, 2.75) is 271 Å². The normalized spacial score (nSPS) is 55.9. The lowest BCUT2D eigenvalue weighted by Gasteiger charge is -2.59. The molecule has 0 aromatic carbocycles. The zero-order valence-electron chi connectivity index (χ0n) is 48.9. The molecule has 6 aliphatic heterocycles. The smallest absolute Gasteiger partial charge is 0.187 e. The van der Waals surface area contributed by atoms with Gasteiger partial charge < -0.3 is 124 Å². The van der Waals surface area contributed by atoms with Gasteiger partial charge in [-0.3, -0.25) is 0 Å². The van der Waals surface area contributed by atoms with E-state index in [2.05, 4.69) is 26.8 Å². The molecule has 6 heterocycles. The Morgan fingerprint density at radius 1 is 0.590 bits per heavy atom. The van der Waals surface area contributed by atoms with E-state index >= 15 is 0 Å². The molecule has 10 rings (SSSR count). The van der Waals surface area contributed by atoms with Gasteiger partial charge in [0.2, 0.25) is 0 Å². The predicted octanol–water partition coefficient (Wildman–Crippen LogP) is -2.20. The minimum absolute atomic E-state index is 0.00784. The van der Waals surface area contributed by atoms with E-state index in [-0.39, 0.29) is 47.2 Å². The van der Waals surface area contributed by atoms with Gasteiger partial charge >= 0.3 is 0 Å². The average molecular weight is 1190 g/mol. The lowest BCUT2D eigenvalue weighted by Crippen LogP contribution is -2.67. The molecule has 0 bridgehead atoms. The van der Waals surface area contributed by atoms with Crippen molar-refractivity contribution < 1.29 is 124 Å². The summed E-state index contributed by atoms with van der Waals surface area (Å²) in [5.41, 5.74) is 1.08. The number of aliphatic hydroxyl groups excluding tert-OH is 14. The zero-order chi connectivity index (χ0) is 60.1. The highest BCUT2D eigenvalue weighted by molar-refractivity contribution is 5.27. The molecule has 25 nitrogen and oxygen atoms in total.